The molecule has 27 heavy (non-hydrogen) atoms. The molecule has 0 saturated carbocycles. The molecule has 2 aromatic carbocycles. The summed E-state index contributed by atoms with van der Waals surface area (Å²) < 4.78 is 9.74. The van der Waals surface area contributed by atoms with Gasteiger partial charge in [0.2, 0.25) is 0 Å². The number of halogens is 1. The number of para-hydroxylation sites is 1. The summed E-state index contributed by atoms with van der Waals surface area (Å²) >= 11 is 6.14. The molecule has 2 aromatic rings. The third-order valence-electron chi connectivity index (χ3n) is 3.75. The molecule has 0 aliphatic carbocycles. The van der Waals surface area contributed by atoms with Crippen LogP contribution in [0.1, 0.15) is 5.56 Å². The maximum absolute atomic E-state index is 12.5. The molecular formula is C19H15ClN2O5. The van der Waals surface area contributed by atoms with Crippen LogP contribution >= 0.6 is 11.6 Å². The Morgan fingerprint density at radius 1 is 1.19 bits per heavy atom. The second-order valence-electron chi connectivity index (χ2n) is 5.53. The van der Waals surface area contributed by atoms with Gasteiger partial charge in [0.15, 0.2) is 6.61 Å². The van der Waals surface area contributed by atoms with Crippen LogP contribution < -0.4 is 15.2 Å². The van der Waals surface area contributed by atoms with Gasteiger partial charge in [0.05, 0.1) is 17.8 Å². The zero-order valence-corrected chi connectivity index (χ0v) is 15.0. The first-order valence-electron chi connectivity index (χ1n) is 7.91. The van der Waals surface area contributed by atoms with E-state index in [-0.39, 0.29) is 23.0 Å². The van der Waals surface area contributed by atoms with Crippen molar-refractivity contribution in [2.75, 3.05) is 18.7 Å². The van der Waals surface area contributed by atoms with Crippen LogP contribution in [0.25, 0.3) is 6.08 Å². The number of nitrogens with one attached hydrogen (secondary N) is 1. The Morgan fingerprint density at radius 3 is 2.59 bits per heavy atom. The van der Waals surface area contributed by atoms with Crippen molar-refractivity contribution in [3.8, 4) is 5.75 Å². The van der Waals surface area contributed by atoms with Crippen LogP contribution in [-0.2, 0) is 19.1 Å². The standard InChI is InChI=1S/C19H15ClN2O5/c1-26-17(23)11-27-16-8-7-12(10-15(16)20)9-14-18(24)21-22(19(14)25)13-5-3-2-4-6-13/h2-10H,11H2,1H3,(H,21,24)/b14-9-. The summed E-state index contributed by atoms with van der Waals surface area (Å²) in [5.74, 6) is -1.22. The van der Waals surface area contributed by atoms with Crippen LogP contribution in [0, 0.1) is 0 Å². The number of anilines is 1. The number of rotatable bonds is 5. The minimum atomic E-state index is -0.536. The molecule has 7 nitrogen and oxygen atoms in total. The average Bonchev–Trinajstić information content (AvgIpc) is 2.96. The van der Waals surface area contributed by atoms with Gasteiger partial charge in [-0.3, -0.25) is 15.0 Å². The number of amides is 2. The molecular weight excluding hydrogens is 372 g/mol. The Kier molecular flexibility index (Phi) is 5.42. The third-order valence-corrected chi connectivity index (χ3v) is 4.04. The van der Waals surface area contributed by atoms with Crippen molar-refractivity contribution >= 4 is 41.1 Å². The molecule has 1 heterocycles. The first-order valence-corrected chi connectivity index (χ1v) is 8.28. The number of hydrazine groups is 1. The number of methoxy groups -OCH3 is 1. The van der Waals surface area contributed by atoms with Crippen molar-refractivity contribution in [1.29, 1.82) is 0 Å². The number of carbonyl (C=O) groups is 3. The van der Waals surface area contributed by atoms with Gasteiger partial charge in [-0.05, 0) is 35.9 Å². The minimum absolute atomic E-state index is 0.0156. The fraction of sp³-hybridized carbons (Fsp3) is 0.105. The number of nitrogens with zero attached hydrogens (tertiary/aromatic N) is 1. The summed E-state index contributed by atoms with van der Waals surface area (Å²) in [6.07, 6.45) is 1.44. The highest BCUT2D eigenvalue weighted by molar-refractivity contribution is 6.33. The lowest BCUT2D eigenvalue weighted by molar-refractivity contribution is -0.142. The molecule has 0 unspecified atom stereocenters. The largest absolute Gasteiger partial charge is 0.480 e. The Morgan fingerprint density at radius 2 is 1.93 bits per heavy atom. The highest BCUT2D eigenvalue weighted by Crippen LogP contribution is 2.27. The number of carbonyl (C=O) groups excluding carboxylic acids is 3. The molecule has 0 radical (unpaired) electrons. The van der Waals surface area contributed by atoms with E-state index in [1.54, 1.807) is 36.4 Å². The summed E-state index contributed by atoms with van der Waals surface area (Å²) in [6, 6.07) is 13.5. The van der Waals surface area contributed by atoms with Gasteiger partial charge >= 0.3 is 5.97 Å². The lowest BCUT2D eigenvalue weighted by atomic mass is 10.1. The minimum Gasteiger partial charge on any atom is -0.480 e. The fourth-order valence-electron chi connectivity index (χ4n) is 2.40. The number of esters is 1. The molecule has 1 saturated heterocycles. The number of hydrogen-bond donors (Lipinski definition) is 1. The summed E-state index contributed by atoms with van der Waals surface area (Å²) in [4.78, 5) is 35.9. The molecule has 2 amide bonds. The van der Waals surface area contributed by atoms with E-state index in [0.29, 0.717) is 11.3 Å². The van der Waals surface area contributed by atoms with E-state index in [0.717, 1.165) is 0 Å². The summed E-state index contributed by atoms with van der Waals surface area (Å²) in [5, 5.41) is 1.42. The van der Waals surface area contributed by atoms with Gasteiger partial charge < -0.3 is 9.47 Å². The van der Waals surface area contributed by atoms with E-state index in [4.69, 9.17) is 16.3 Å². The van der Waals surface area contributed by atoms with Crippen LogP contribution in [-0.4, -0.2) is 31.5 Å². The van der Waals surface area contributed by atoms with Crippen LogP contribution in [0.4, 0.5) is 5.69 Å². The molecule has 8 heteroatoms. The smallest absolute Gasteiger partial charge is 0.343 e. The molecule has 1 N–H and O–H groups in total. The SMILES string of the molecule is COC(=O)COc1ccc(/C=C2/C(=O)NN(c3ccccc3)C2=O)cc1Cl. The van der Waals surface area contributed by atoms with Crippen molar-refractivity contribution in [3.05, 3.63) is 64.7 Å². The highest BCUT2D eigenvalue weighted by Gasteiger charge is 2.34. The number of hydrogen-bond acceptors (Lipinski definition) is 5. The van der Waals surface area contributed by atoms with E-state index in [9.17, 15) is 14.4 Å². The van der Waals surface area contributed by atoms with Gasteiger partial charge in [-0.25, -0.2) is 9.80 Å². The molecule has 1 aliphatic rings. The van der Waals surface area contributed by atoms with Crippen LogP contribution in [0.5, 0.6) is 5.75 Å². The van der Waals surface area contributed by atoms with E-state index < -0.39 is 17.8 Å². The highest BCUT2D eigenvalue weighted by atomic mass is 35.5. The van der Waals surface area contributed by atoms with Crippen LogP contribution in [0.2, 0.25) is 5.02 Å². The molecule has 0 aromatic heterocycles. The van der Waals surface area contributed by atoms with Crippen molar-refractivity contribution in [3.63, 3.8) is 0 Å². The summed E-state index contributed by atoms with van der Waals surface area (Å²) in [5.41, 5.74) is 3.61. The molecule has 0 atom stereocenters. The Balaban J connectivity index is 1.80. The summed E-state index contributed by atoms with van der Waals surface area (Å²) in [6.45, 7) is -0.274. The van der Waals surface area contributed by atoms with Gasteiger partial charge in [-0.1, -0.05) is 35.9 Å². The molecule has 1 fully saturated rings. The van der Waals surface area contributed by atoms with Crippen molar-refractivity contribution < 1.29 is 23.9 Å². The average molecular weight is 387 g/mol. The second kappa shape index (κ2) is 7.92. The van der Waals surface area contributed by atoms with E-state index >= 15 is 0 Å². The first kappa shape index (κ1) is 18.5. The van der Waals surface area contributed by atoms with Gasteiger partial charge in [0.25, 0.3) is 11.8 Å². The van der Waals surface area contributed by atoms with Gasteiger partial charge in [-0.15, -0.1) is 0 Å². The van der Waals surface area contributed by atoms with Crippen molar-refractivity contribution in [1.82, 2.24) is 5.43 Å². The fourth-order valence-corrected chi connectivity index (χ4v) is 2.65. The van der Waals surface area contributed by atoms with E-state index in [1.165, 1.54) is 24.3 Å². The van der Waals surface area contributed by atoms with Gasteiger partial charge in [-0.2, -0.15) is 0 Å². The lowest BCUT2D eigenvalue weighted by Gasteiger charge is -2.13. The normalized spacial score (nSPS) is 15.0. The van der Waals surface area contributed by atoms with Crippen molar-refractivity contribution in [2.45, 2.75) is 0 Å². The Hall–Kier alpha value is -3.32. The second-order valence-corrected chi connectivity index (χ2v) is 5.94. The topological polar surface area (TPSA) is 84.9 Å². The third kappa shape index (κ3) is 4.09. The molecule has 1 aliphatic heterocycles. The molecule has 3 rings (SSSR count). The Labute approximate surface area is 160 Å². The van der Waals surface area contributed by atoms with Crippen molar-refractivity contribution in [2.24, 2.45) is 0 Å². The van der Waals surface area contributed by atoms with Gasteiger partial charge in [0, 0.05) is 0 Å². The van der Waals surface area contributed by atoms with Gasteiger partial charge in [0.1, 0.15) is 11.3 Å². The van der Waals surface area contributed by atoms with E-state index in [1.807, 2.05) is 6.07 Å². The zero-order chi connectivity index (χ0) is 19.4. The van der Waals surface area contributed by atoms with Crippen LogP contribution in [0.15, 0.2) is 54.1 Å². The molecule has 138 valence electrons. The molecule has 0 bridgehead atoms. The maximum atomic E-state index is 12.5. The predicted molar refractivity (Wildman–Crippen MR) is 99.0 cm³/mol. The summed E-state index contributed by atoms with van der Waals surface area (Å²) in [7, 11) is 1.25. The monoisotopic (exact) mass is 386 g/mol. The first-order chi connectivity index (χ1) is 13.0. The maximum Gasteiger partial charge on any atom is 0.343 e. The number of ether oxygens (including phenoxy) is 2. The molecule has 0 spiro atoms. The van der Waals surface area contributed by atoms with Crippen LogP contribution in [0.3, 0.4) is 0 Å². The van der Waals surface area contributed by atoms with E-state index in [2.05, 4.69) is 10.2 Å². The zero-order valence-electron chi connectivity index (χ0n) is 14.3. The lowest BCUT2D eigenvalue weighted by Crippen LogP contribution is -2.35. The number of benzene rings is 2. The predicted octanol–water partition coefficient (Wildman–Crippen LogP) is 2.35. The Bertz CT molecular complexity index is 927. The quantitative estimate of drug-likeness (QED) is 0.484.